The number of ether oxygens (including phenoxy) is 2. The Bertz CT molecular complexity index is 2000. The van der Waals surface area contributed by atoms with Gasteiger partial charge in [0.25, 0.3) is 5.91 Å². The number of nitrogens with one attached hydrogen (secondary N) is 4. The van der Waals surface area contributed by atoms with Crippen LogP contribution in [0.1, 0.15) is 34.3 Å². The molecule has 0 spiro atoms. The fourth-order valence-corrected chi connectivity index (χ4v) is 6.06. The van der Waals surface area contributed by atoms with Crippen molar-refractivity contribution in [3.8, 4) is 34.5 Å². The second-order valence-electron chi connectivity index (χ2n) is 11.7. The number of carbonyl (C=O) groups is 1. The number of amides is 1. The Labute approximate surface area is 278 Å². The summed E-state index contributed by atoms with van der Waals surface area (Å²) in [6.45, 7) is 3.01. The van der Waals surface area contributed by atoms with Crippen molar-refractivity contribution in [1.82, 2.24) is 10.6 Å². The molecule has 2 fully saturated rings. The number of halogens is 2. The summed E-state index contributed by atoms with van der Waals surface area (Å²) in [4.78, 5) is 13.6. The summed E-state index contributed by atoms with van der Waals surface area (Å²) in [6.07, 6.45) is 2.58. The molecule has 0 aliphatic carbocycles. The van der Waals surface area contributed by atoms with Gasteiger partial charge in [0, 0.05) is 41.2 Å². The summed E-state index contributed by atoms with van der Waals surface area (Å²) < 4.78 is 66.3. The highest BCUT2D eigenvalue weighted by molar-refractivity contribution is 7.92. The third-order valence-corrected chi connectivity index (χ3v) is 8.44. The number of sulfonamides is 1. The van der Waals surface area contributed by atoms with Crippen LogP contribution < -0.4 is 30.1 Å². The Morgan fingerprint density at radius 3 is 2.23 bits per heavy atom. The first-order valence-electron chi connectivity index (χ1n) is 15.5. The van der Waals surface area contributed by atoms with Gasteiger partial charge in [-0.05, 0) is 98.2 Å². The summed E-state index contributed by atoms with van der Waals surface area (Å²) >= 11 is 0. The van der Waals surface area contributed by atoms with Crippen molar-refractivity contribution in [3.63, 3.8) is 0 Å². The maximum atomic E-state index is 14.2. The number of hydrogen-bond acceptors (Lipinski definition) is 7. The Hall–Kier alpha value is -4.96. The van der Waals surface area contributed by atoms with Gasteiger partial charge in [-0.3, -0.25) is 9.52 Å². The first-order chi connectivity index (χ1) is 23.1. The minimum Gasteiger partial charge on any atom is -0.488 e. The average molecular weight is 673 g/mol. The molecule has 0 aromatic heterocycles. The molecule has 48 heavy (non-hydrogen) atoms. The van der Waals surface area contributed by atoms with Gasteiger partial charge in [0.2, 0.25) is 10.0 Å². The zero-order valence-corrected chi connectivity index (χ0v) is 26.9. The minimum absolute atomic E-state index is 0.0382. The SMILES string of the molecule is CS(=O)(=O)Nc1cccc(C#Cc2cc(NC(=O)c3ccc(OC4CCNC4)c(-c4ccc(F)c(F)c4)c3)ccc2OC2CCNC2)c1. The van der Waals surface area contributed by atoms with Crippen LogP contribution in [0.3, 0.4) is 0 Å². The molecule has 4 aromatic carbocycles. The van der Waals surface area contributed by atoms with Crippen LogP contribution in [0.5, 0.6) is 11.5 Å². The van der Waals surface area contributed by atoms with E-state index in [1.807, 2.05) is 0 Å². The number of benzene rings is 4. The van der Waals surface area contributed by atoms with Crippen LogP contribution in [-0.4, -0.2) is 59.0 Å². The van der Waals surface area contributed by atoms with E-state index in [1.165, 1.54) is 6.07 Å². The van der Waals surface area contributed by atoms with Gasteiger partial charge in [0.05, 0.1) is 11.8 Å². The molecular weight excluding hydrogens is 638 g/mol. The second-order valence-corrected chi connectivity index (χ2v) is 13.4. The molecule has 1 amide bonds. The first kappa shape index (κ1) is 33.0. The molecule has 0 saturated carbocycles. The average Bonchev–Trinajstić information content (AvgIpc) is 3.77. The van der Waals surface area contributed by atoms with Gasteiger partial charge in [0.15, 0.2) is 11.6 Å². The van der Waals surface area contributed by atoms with E-state index in [9.17, 15) is 22.0 Å². The van der Waals surface area contributed by atoms with Crippen molar-refractivity contribution >= 4 is 27.3 Å². The van der Waals surface area contributed by atoms with E-state index in [1.54, 1.807) is 60.7 Å². The molecule has 2 aliphatic rings. The summed E-state index contributed by atoms with van der Waals surface area (Å²) in [5.74, 6) is 4.79. The lowest BCUT2D eigenvalue weighted by atomic mass is 10.0. The molecule has 9 nitrogen and oxygen atoms in total. The van der Waals surface area contributed by atoms with Gasteiger partial charge >= 0.3 is 0 Å². The maximum Gasteiger partial charge on any atom is 0.255 e. The molecule has 2 aliphatic heterocycles. The largest absolute Gasteiger partial charge is 0.488 e. The van der Waals surface area contributed by atoms with Crippen LogP contribution in [0.2, 0.25) is 0 Å². The smallest absolute Gasteiger partial charge is 0.255 e. The molecule has 0 radical (unpaired) electrons. The van der Waals surface area contributed by atoms with Gasteiger partial charge in [-0.2, -0.15) is 0 Å². The lowest BCUT2D eigenvalue weighted by Crippen LogP contribution is -2.20. The summed E-state index contributed by atoms with van der Waals surface area (Å²) in [5.41, 5.74) is 3.07. The summed E-state index contributed by atoms with van der Waals surface area (Å²) in [5, 5.41) is 9.42. The van der Waals surface area contributed by atoms with Crippen LogP contribution in [0.4, 0.5) is 20.2 Å². The highest BCUT2D eigenvalue weighted by Crippen LogP contribution is 2.34. The maximum absolute atomic E-state index is 14.2. The van der Waals surface area contributed by atoms with E-state index in [0.717, 1.165) is 44.3 Å². The highest BCUT2D eigenvalue weighted by Gasteiger charge is 2.21. The van der Waals surface area contributed by atoms with Crippen molar-refractivity contribution in [2.75, 3.05) is 42.5 Å². The molecular formula is C36H34F2N4O5S. The Morgan fingerprint density at radius 1 is 0.812 bits per heavy atom. The predicted molar refractivity (Wildman–Crippen MR) is 181 cm³/mol. The lowest BCUT2D eigenvalue weighted by molar-refractivity contribution is 0.102. The Balaban J connectivity index is 1.29. The topological polar surface area (TPSA) is 118 Å². The summed E-state index contributed by atoms with van der Waals surface area (Å²) in [6, 6.07) is 20.4. The zero-order chi connectivity index (χ0) is 33.7. The molecule has 248 valence electrons. The molecule has 4 aromatic rings. The quantitative estimate of drug-likeness (QED) is 0.182. The van der Waals surface area contributed by atoms with Gasteiger partial charge in [-0.1, -0.05) is 24.0 Å². The highest BCUT2D eigenvalue weighted by atomic mass is 32.2. The minimum atomic E-state index is -3.46. The summed E-state index contributed by atoms with van der Waals surface area (Å²) in [7, 11) is -3.46. The van der Waals surface area contributed by atoms with E-state index in [2.05, 4.69) is 32.5 Å². The molecule has 2 saturated heterocycles. The van der Waals surface area contributed by atoms with E-state index in [0.29, 0.717) is 58.2 Å². The lowest BCUT2D eigenvalue weighted by Gasteiger charge is -2.18. The fraction of sp³-hybridized carbons (Fsp3) is 0.250. The molecule has 2 heterocycles. The number of anilines is 2. The van der Waals surface area contributed by atoms with Gasteiger partial charge < -0.3 is 25.4 Å². The van der Waals surface area contributed by atoms with Gasteiger partial charge in [-0.25, -0.2) is 17.2 Å². The second kappa shape index (κ2) is 14.4. The van der Waals surface area contributed by atoms with E-state index in [-0.39, 0.29) is 17.8 Å². The first-order valence-corrected chi connectivity index (χ1v) is 17.4. The van der Waals surface area contributed by atoms with Crippen LogP contribution in [0, 0.1) is 23.5 Å². The van der Waals surface area contributed by atoms with Crippen LogP contribution in [0.15, 0.2) is 78.9 Å². The number of rotatable bonds is 9. The predicted octanol–water partition coefficient (Wildman–Crippen LogP) is 5.14. The van der Waals surface area contributed by atoms with Crippen molar-refractivity contribution in [1.29, 1.82) is 0 Å². The Morgan fingerprint density at radius 2 is 1.54 bits per heavy atom. The number of carbonyl (C=O) groups excluding carboxylic acids is 1. The molecule has 2 atom stereocenters. The van der Waals surface area contributed by atoms with E-state index >= 15 is 0 Å². The van der Waals surface area contributed by atoms with Gasteiger partial charge in [-0.15, -0.1) is 0 Å². The van der Waals surface area contributed by atoms with Gasteiger partial charge in [0.1, 0.15) is 23.7 Å². The molecule has 2 unspecified atom stereocenters. The van der Waals surface area contributed by atoms with Crippen LogP contribution in [0.25, 0.3) is 11.1 Å². The van der Waals surface area contributed by atoms with Crippen LogP contribution >= 0.6 is 0 Å². The third kappa shape index (κ3) is 8.49. The zero-order valence-electron chi connectivity index (χ0n) is 26.1. The molecule has 12 heteroatoms. The van der Waals surface area contributed by atoms with Crippen molar-refractivity contribution in [2.24, 2.45) is 0 Å². The molecule has 0 bridgehead atoms. The van der Waals surface area contributed by atoms with Crippen molar-refractivity contribution in [3.05, 3.63) is 107 Å². The van der Waals surface area contributed by atoms with E-state index < -0.39 is 27.6 Å². The van der Waals surface area contributed by atoms with E-state index in [4.69, 9.17) is 9.47 Å². The number of hydrogen-bond donors (Lipinski definition) is 4. The standard InChI is InChI=1S/C36H34F2N4O5S/c1-48(44,45)42-28-4-2-3-23(17-28)5-6-25-18-27(9-12-34(25)46-29-13-15-39-21-29)41-36(43)26-8-11-35(47-30-14-16-40-22-30)31(19-26)24-7-10-32(37)33(38)20-24/h2-4,7-12,17-20,29-30,39-40,42H,13-16,21-22H2,1H3,(H,41,43). The third-order valence-electron chi connectivity index (χ3n) is 7.83. The Kier molecular flexibility index (Phi) is 9.91. The normalized spacial score (nSPS) is 17.3. The monoisotopic (exact) mass is 672 g/mol. The fourth-order valence-electron chi connectivity index (χ4n) is 5.51. The van der Waals surface area contributed by atoms with Crippen LogP contribution in [-0.2, 0) is 10.0 Å². The van der Waals surface area contributed by atoms with Crippen molar-refractivity contribution < 1.29 is 31.5 Å². The van der Waals surface area contributed by atoms with Crippen molar-refractivity contribution in [2.45, 2.75) is 25.0 Å². The molecule has 4 N–H and O–H groups in total. The molecule has 6 rings (SSSR count).